The van der Waals surface area contributed by atoms with Crippen LogP contribution in [0.3, 0.4) is 0 Å². The molecule has 108 valence electrons. The third kappa shape index (κ3) is 2.97. The number of nitro groups is 1. The highest BCUT2D eigenvalue weighted by atomic mass is 35.5. The first-order chi connectivity index (χ1) is 9.93. The largest absolute Gasteiger partial charge is 0.278 e. The van der Waals surface area contributed by atoms with Gasteiger partial charge in [0.15, 0.2) is 0 Å². The van der Waals surface area contributed by atoms with Crippen molar-refractivity contribution in [1.29, 1.82) is 0 Å². The van der Waals surface area contributed by atoms with Crippen molar-refractivity contribution in [3.63, 3.8) is 0 Å². The Morgan fingerprint density at radius 3 is 2.48 bits per heavy atom. The van der Waals surface area contributed by atoms with Crippen LogP contribution in [0.1, 0.15) is 17.3 Å². The molecule has 21 heavy (non-hydrogen) atoms. The molecule has 0 saturated heterocycles. The van der Waals surface area contributed by atoms with Gasteiger partial charge in [-0.2, -0.15) is 5.10 Å². The lowest BCUT2D eigenvalue weighted by Crippen LogP contribution is -2.27. The maximum absolute atomic E-state index is 11.9. The summed E-state index contributed by atoms with van der Waals surface area (Å²) in [6, 6.07) is 6.91. The van der Waals surface area contributed by atoms with Crippen LogP contribution in [0.2, 0.25) is 0 Å². The van der Waals surface area contributed by atoms with Crippen LogP contribution in [0.25, 0.3) is 11.3 Å². The lowest BCUT2D eigenvalue weighted by atomic mass is 10.1. The van der Waals surface area contributed by atoms with Crippen LogP contribution >= 0.6 is 11.6 Å². The molecule has 1 aromatic heterocycles. The third-order valence-electron chi connectivity index (χ3n) is 2.86. The van der Waals surface area contributed by atoms with E-state index in [9.17, 15) is 19.7 Å². The van der Waals surface area contributed by atoms with Gasteiger partial charge in [-0.1, -0.05) is 0 Å². The predicted molar refractivity (Wildman–Crippen MR) is 76.4 cm³/mol. The van der Waals surface area contributed by atoms with E-state index in [4.69, 9.17) is 11.6 Å². The Hall–Kier alpha value is -2.54. The summed E-state index contributed by atoms with van der Waals surface area (Å²) < 4.78 is 1.12. The van der Waals surface area contributed by atoms with Gasteiger partial charge in [0.25, 0.3) is 16.5 Å². The van der Waals surface area contributed by atoms with Crippen molar-refractivity contribution < 1.29 is 9.72 Å². The molecule has 2 rings (SSSR count). The number of nitrogens with zero attached hydrogens (tertiary/aromatic N) is 3. The Balaban J connectivity index is 2.58. The topological polar surface area (TPSA) is 95.1 Å². The first-order valence-electron chi connectivity index (χ1n) is 6.01. The van der Waals surface area contributed by atoms with Crippen LogP contribution in [0, 0.1) is 10.1 Å². The first-order valence-corrected chi connectivity index (χ1v) is 6.38. The summed E-state index contributed by atoms with van der Waals surface area (Å²) >= 11 is 5.39. The predicted octanol–water partition coefficient (Wildman–Crippen LogP) is 2.22. The first kappa shape index (κ1) is 14.9. The highest BCUT2D eigenvalue weighted by Gasteiger charge is 2.14. The van der Waals surface area contributed by atoms with Gasteiger partial charge < -0.3 is 0 Å². The van der Waals surface area contributed by atoms with Crippen LogP contribution < -0.4 is 5.56 Å². The van der Waals surface area contributed by atoms with Gasteiger partial charge in [0.1, 0.15) is 5.56 Å². The number of benzene rings is 1. The molecular weight excluding hydrogens is 298 g/mol. The molecule has 0 aliphatic heterocycles. The monoisotopic (exact) mass is 307 g/mol. The summed E-state index contributed by atoms with van der Waals surface area (Å²) in [5.41, 5.74) is 0.0820. The van der Waals surface area contributed by atoms with Crippen molar-refractivity contribution in [2.24, 2.45) is 0 Å². The molecule has 0 atom stereocenters. The van der Waals surface area contributed by atoms with Gasteiger partial charge in [-0.15, -0.1) is 0 Å². The summed E-state index contributed by atoms with van der Waals surface area (Å²) in [5, 5.41) is 13.9. The Morgan fingerprint density at radius 1 is 1.38 bits per heavy atom. The molecule has 8 heteroatoms. The van der Waals surface area contributed by atoms with Crippen molar-refractivity contribution in [3.05, 3.63) is 56.4 Å². The van der Waals surface area contributed by atoms with Gasteiger partial charge in [-0.25, -0.2) is 4.68 Å². The van der Waals surface area contributed by atoms with Gasteiger partial charge in [-0.05, 0) is 36.7 Å². The van der Waals surface area contributed by atoms with Crippen molar-refractivity contribution in [1.82, 2.24) is 9.78 Å². The molecular formula is C13H10ClN3O4. The van der Waals surface area contributed by atoms with E-state index in [0.29, 0.717) is 11.3 Å². The smallest absolute Gasteiger partial charge is 0.275 e. The van der Waals surface area contributed by atoms with E-state index in [1.54, 1.807) is 6.92 Å². The number of carbonyl (C=O) groups is 1. The van der Waals surface area contributed by atoms with E-state index in [-0.39, 0.29) is 17.8 Å². The van der Waals surface area contributed by atoms with E-state index < -0.39 is 15.7 Å². The normalized spacial score (nSPS) is 10.4. The van der Waals surface area contributed by atoms with Gasteiger partial charge in [0.2, 0.25) is 0 Å². The quantitative estimate of drug-likeness (QED) is 0.490. The minimum atomic E-state index is -0.868. The zero-order chi connectivity index (χ0) is 15.6. The fraction of sp³-hybridized carbons (Fsp3) is 0.154. The zero-order valence-electron chi connectivity index (χ0n) is 10.9. The molecule has 0 unspecified atom stereocenters. The Bertz CT molecular complexity index is 768. The summed E-state index contributed by atoms with van der Waals surface area (Å²) in [6.07, 6.45) is 0. The van der Waals surface area contributed by atoms with Gasteiger partial charge in [0.05, 0.1) is 10.6 Å². The van der Waals surface area contributed by atoms with Crippen LogP contribution in [0.4, 0.5) is 5.69 Å². The highest BCUT2D eigenvalue weighted by Crippen LogP contribution is 2.20. The van der Waals surface area contributed by atoms with Crippen LogP contribution in [0.15, 0.2) is 35.1 Å². The number of aryl methyl sites for hydroxylation is 1. The minimum Gasteiger partial charge on any atom is -0.275 e. The third-order valence-corrected chi connectivity index (χ3v) is 3.06. The SMILES string of the molecule is CCn1nc(-c2ccc([N+](=O)[O-])cc2)cc(C(=O)Cl)c1=O. The average molecular weight is 308 g/mol. The number of hydrogen-bond acceptors (Lipinski definition) is 5. The zero-order valence-corrected chi connectivity index (χ0v) is 11.7. The Labute approximate surface area is 123 Å². The molecule has 0 aliphatic rings. The van der Waals surface area contributed by atoms with E-state index in [2.05, 4.69) is 5.10 Å². The van der Waals surface area contributed by atoms with E-state index in [1.165, 1.54) is 30.3 Å². The molecule has 0 spiro atoms. The molecule has 0 N–H and O–H groups in total. The molecule has 0 fully saturated rings. The van der Waals surface area contributed by atoms with Crippen molar-refractivity contribution in [3.8, 4) is 11.3 Å². The van der Waals surface area contributed by atoms with Crippen LogP contribution in [0.5, 0.6) is 0 Å². The summed E-state index contributed by atoms with van der Waals surface area (Å²) in [6.45, 7) is 1.98. The minimum absolute atomic E-state index is 0.0591. The van der Waals surface area contributed by atoms with E-state index >= 15 is 0 Å². The van der Waals surface area contributed by atoms with Gasteiger partial charge in [-0.3, -0.25) is 19.7 Å². The number of hydrogen-bond donors (Lipinski definition) is 0. The van der Waals surface area contributed by atoms with E-state index in [0.717, 1.165) is 4.68 Å². The number of carbonyl (C=O) groups excluding carboxylic acids is 1. The van der Waals surface area contributed by atoms with Crippen LogP contribution in [-0.4, -0.2) is 19.9 Å². The molecule has 0 amide bonds. The second-order valence-corrected chi connectivity index (χ2v) is 4.49. The maximum Gasteiger partial charge on any atom is 0.278 e. The Kier molecular flexibility index (Phi) is 4.13. The number of nitro benzene ring substituents is 1. The standard InChI is InChI=1S/C13H10ClN3O4/c1-2-16-13(19)10(12(14)18)7-11(15-16)8-3-5-9(6-4-8)17(20)21/h3-7H,2H2,1H3. The molecule has 1 heterocycles. The fourth-order valence-corrected chi connectivity index (χ4v) is 1.93. The molecule has 2 aromatic rings. The van der Waals surface area contributed by atoms with E-state index in [1.807, 2.05) is 0 Å². The lowest BCUT2D eigenvalue weighted by molar-refractivity contribution is -0.384. The number of aromatic nitrogens is 2. The summed E-state index contributed by atoms with van der Waals surface area (Å²) in [7, 11) is 0. The molecule has 1 aromatic carbocycles. The lowest BCUT2D eigenvalue weighted by Gasteiger charge is -2.07. The molecule has 0 aliphatic carbocycles. The summed E-state index contributed by atoms with van der Waals surface area (Å²) in [5.74, 6) is 0. The molecule has 0 bridgehead atoms. The molecule has 0 radical (unpaired) electrons. The second kappa shape index (κ2) is 5.84. The van der Waals surface area contributed by atoms with Crippen molar-refractivity contribution in [2.75, 3.05) is 0 Å². The molecule has 7 nitrogen and oxygen atoms in total. The number of halogens is 1. The summed E-state index contributed by atoms with van der Waals surface area (Å²) in [4.78, 5) is 33.3. The average Bonchev–Trinajstić information content (AvgIpc) is 2.47. The van der Waals surface area contributed by atoms with Gasteiger partial charge >= 0.3 is 0 Å². The van der Waals surface area contributed by atoms with Gasteiger partial charge in [0, 0.05) is 24.2 Å². The highest BCUT2D eigenvalue weighted by molar-refractivity contribution is 6.67. The number of rotatable bonds is 4. The number of non-ortho nitro benzene ring substituents is 1. The maximum atomic E-state index is 11.9. The molecule has 0 saturated carbocycles. The van der Waals surface area contributed by atoms with Crippen LogP contribution in [-0.2, 0) is 6.54 Å². The van der Waals surface area contributed by atoms with Crippen molar-refractivity contribution in [2.45, 2.75) is 13.5 Å². The fourth-order valence-electron chi connectivity index (χ4n) is 1.79. The Morgan fingerprint density at radius 2 is 2.00 bits per heavy atom. The second-order valence-electron chi connectivity index (χ2n) is 4.14. The van der Waals surface area contributed by atoms with Crippen molar-refractivity contribution >= 4 is 22.5 Å².